The van der Waals surface area contributed by atoms with E-state index in [2.05, 4.69) is 31.8 Å². The molecule has 3 aromatic rings. The first-order chi connectivity index (χ1) is 13.6. The van der Waals surface area contributed by atoms with Gasteiger partial charge in [0.25, 0.3) is 5.91 Å². The van der Waals surface area contributed by atoms with Crippen molar-refractivity contribution in [3.05, 3.63) is 87.9 Å². The Labute approximate surface area is 176 Å². The molecule has 0 heterocycles. The zero-order valence-corrected chi connectivity index (χ0v) is 17.1. The van der Waals surface area contributed by atoms with Crippen LogP contribution in [0, 0.1) is 0 Å². The third-order valence-corrected chi connectivity index (χ3v) is 4.50. The van der Waals surface area contributed by atoms with E-state index in [0.717, 1.165) is 21.5 Å². The van der Waals surface area contributed by atoms with Gasteiger partial charge in [0.2, 0.25) is 0 Å². The summed E-state index contributed by atoms with van der Waals surface area (Å²) in [7, 11) is 0. The molecule has 1 amide bonds. The molecule has 5 nitrogen and oxygen atoms in total. The van der Waals surface area contributed by atoms with Crippen molar-refractivity contribution >= 4 is 45.3 Å². The maximum Gasteiger partial charge on any atom is 0.259 e. The number of carbonyl (C=O) groups is 1. The summed E-state index contributed by atoms with van der Waals surface area (Å²) in [6.07, 6.45) is 1.56. The van der Waals surface area contributed by atoms with Gasteiger partial charge in [0, 0.05) is 15.2 Å². The fourth-order valence-electron chi connectivity index (χ4n) is 2.31. The van der Waals surface area contributed by atoms with Gasteiger partial charge in [-0.2, -0.15) is 5.10 Å². The van der Waals surface area contributed by atoms with Crippen LogP contribution in [0.3, 0.4) is 0 Å². The van der Waals surface area contributed by atoms with Gasteiger partial charge >= 0.3 is 0 Å². The minimum absolute atomic E-state index is 0.0781. The maximum atomic E-state index is 11.9. The molecule has 2 N–H and O–H groups in total. The van der Waals surface area contributed by atoms with Gasteiger partial charge < -0.3 is 10.1 Å². The summed E-state index contributed by atoms with van der Waals surface area (Å²) in [5, 5.41) is 7.61. The second-order valence-corrected chi connectivity index (χ2v) is 7.05. The number of carbonyl (C=O) groups excluding carboxylic acids is 1. The van der Waals surface area contributed by atoms with Crippen LogP contribution in [-0.4, -0.2) is 18.7 Å². The lowest BCUT2D eigenvalue weighted by Gasteiger charge is -2.08. The van der Waals surface area contributed by atoms with Gasteiger partial charge in [0.05, 0.1) is 12.8 Å². The van der Waals surface area contributed by atoms with Crippen molar-refractivity contribution in [1.82, 2.24) is 5.43 Å². The Morgan fingerprint density at radius 1 is 1.04 bits per heavy atom. The first-order valence-electron chi connectivity index (χ1n) is 8.44. The molecule has 0 atom stereocenters. The molecule has 0 unspecified atom stereocenters. The number of anilines is 1. The van der Waals surface area contributed by atoms with Gasteiger partial charge in [-0.1, -0.05) is 41.9 Å². The number of amides is 1. The van der Waals surface area contributed by atoms with E-state index in [1.54, 1.807) is 24.4 Å². The quantitative estimate of drug-likeness (QED) is 0.365. The Morgan fingerprint density at radius 2 is 1.82 bits per heavy atom. The number of hydrazone groups is 1. The molecule has 142 valence electrons. The molecule has 0 aromatic heterocycles. The van der Waals surface area contributed by atoms with Crippen molar-refractivity contribution in [2.45, 2.75) is 0 Å². The Kier molecular flexibility index (Phi) is 7.06. The smallest absolute Gasteiger partial charge is 0.259 e. The summed E-state index contributed by atoms with van der Waals surface area (Å²) in [5.41, 5.74) is 4.07. The lowest BCUT2D eigenvalue weighted by molar-refractivity contribution is -0.119. The molecule has 0 saturated heterocycles. The normalized spacial score (nSPS) is 10.6. The molecule has 0 saturated carbocycles. The van der Waals surface area contributed by atoms with Crippen molar-refractivity contribution in [3.63, 3.8) is 0 Å². The first kappa shape index (κ1) is 19.9. The highest BCUT2D eigenvalue weighted by molar-refractivity contribution is 9.10. The number of hydrogen-bond acceptors (Lipinski definition) is 4. The lowest BCUT2D eigenvalue weighted by Crippen LogP contribution is -2.26. The molecule has 0 aliphatic carbocycles. The Morgan fingerprint density at radius 3 is 2.61 bits per heavy atom. The van der Waals surface area contributed by atoms with E-state index in [9.17, 15) is 4.79 Å². The number of nitrogens with zero attached hydrogens (tertiary/aromatic N) is 1. The van der Waals surface area contributed by atoms with Crippen LogP contribution < -0.4 is 15.5 Å². The van der Waals surface area contributed by atoms with Crippen LogP contribution in [0.15, 0.2) is 82.4 Å². The van der Waals surface area contributed by atoms with Crippen LogP contribution in [0.5, 0.6) is 11.5 Å². The fraction of sp³-hybridized carbons (Fsp3) is 0.0476. The SMILES string of the molecule is O=C(CNc1ccc(Cl)cc1Br)NN=Cc1cccc(Oc2ccccc2)c1. The molecule has 3 rings (SSSR count). The fourth-order valence-corrected chi connectivity index (χ4v) is 3.13. The third kappa shape index (κ3) is 6.11. The van der Waals surface area contributed by atoms with Crippen LogP contribution in [0.1, 0.15) is 5.56 Å². The molecule has 0 spiro atoms. The summed E-state index contributed by atoms with van der Waals surface area (Å²) in [5.74, 6) is 1.18. The van der Waals surface area contributed by atoms with E-state index >= 15 is 0 Å². The van der Waals surface area contributed by atoms with Crippen molar-refractivity contribution < 1.29 is 9.53 Å². The van der Waals surface area contributed by atoms with Crippen LogP contribution in [0.4, 0.5) is 5.69 Å². The van der Waals surface area contributed by atoms with Crippen LogP contribution in [0.2, 0.25) is 5.02 Å². The van der Waals surface area contributed by atoms with Crippen molar-refractivity contribution in [2.24, 2.45) is 5.10 Å². The van der Waals surface area contributed by atoms with Crippen LogP contribution in [-0.2, 0) is 4.79 Å². The number of hydrogen-bond donors (Lipinski definition) is 2. The largest absolute Gasteiger partial charge is 0.457 e. The highest BCUT2D eigenvalue weighted by Gasteiger charge is 2.03. The summed E-state index contributed by atoms with van der Waals surface area (Å²) in [6, 6.07) is 22.2. The number of para-hydroxylation sites is 1. The van der Waals surface area contributed by atoms with Gasteiger partial charge in [0.15, 0.2) is 0 Å². The Bertz CT molecular complexity index is 980. The van der Waals surface area contributed by atoms with Gasteiger partial charge in [0.1, 0.15) is 11.5 Å². The topological polar surface area (TPSA) is 62.7 Å². The standard InChI is InChI=1S/C21H17BrClN3O2/c22-19-12-16(23)9-10-20(19)24-14-21(27)26-25-13-15-5-4-8-18(11-15)28-17-6-2-1-3-7-17/h1-13,24H,14H2,(H,26,27). The predicted molar refractivity (Wildman–Crippen MR) is 116 cm³/mol. The summed E-state index contributed by atoms with van der Waals surface area (Å²) >= 11 is 9.29. The molecule has 0 aliphatic rings. The minimum Gasteiger partial charge on any atom is -0.457 e. The van der Waals surface area contributed by atoms with Gasteiger partial charge in [-0.15, -0.1) is 0 Å². The van der Waals surface area contributed by atoms with Gasteiger partial charge in [-0.05, 0) is 64.0 Å². The molecule has 0 radical (unpaired) electrons. The molecular formula is C21H17BrClN3O2. The van der Waals surface area contributed by atoms with Crippen LogP contribution >= 0.6 is 27.5 Å². The van der Waals surface area contributed by atoms with Crippen LogP contribution in [0.25, 0.3) is 0 Å². The highest BCUT2D eigenvalue weighted by Crippen LogP contribution is 2.25. The molecule has 0 bridgehead atoms. The molecule has 0 aliphatic heterocycles. The number of benzene rings is 3. The predicted octanol–water partition coefficient (Wildman–Crippen LogP) is 5.46. The average Bonchev–Trinajstić information content (AvgIpc) is 2.68. The van der Waals surface area contributed by atoms with E-state index in [4.69, 9.17) is 16.3 Å². The second kappa shape index (κ2) is 9.92. The highest BCUT2D eigenvalue weighted by atomic mass is 79.9. The van der Waals surface area contributed by atoms with Crippen molar-refractivity contribution in [3.8, 4) is 11.5 Å². The van der Waals surface area contributed by atoms with Gasteiger partial charge in [-0.25, -0.2) is 5.43 Å². The Hall–Kier alpha value is -2.83. The summed E-state index contributed by atoms with van der Waals surface area (Å²) in [6.45, 7) is 0.0781. The van der Waals surface area contributed by atoms with E-state index in [-0.39, 0.29) is 12.5 Å². The number of halogens is 2. The number of nitrogens with one attached hydrogen (secondary N) is 2. The molecule has 3 aromatic carbocycles. The zero-order valence-electron chi connectivity index (χ0n) is 14.7. The molecule has 28 heavy (non-hydrogen) atoms. The first-order valence-corrected chi connectivity index (χ1v) is 9.61. The number of ether oxygens (including phenoxy) is 1. The van der Waals surface area contributed by atoms with Crippen molar-refractivity contribution in [1.29, 1.82) is 0 Å². The van der Waals surface area contributed by atoms with Gasteiger partial charge in [-0.3, -0.25) is 4.79 Å². The average molecular weight is 459 g/mol. The van der Waals surface area contributed by atoms with E-state index in [0.29, 0.717) is 10.8 Å². The maximum absolute atomic E-state index is 11.9. The molecule has 7 heteroatoms. The number of rotatable bonds is 7. The second-order valence-electron chi connectivity index (χ2n) is 5.76. The minimum atomic E-state index is -0.269. The lowest BCUT2D eigenvalue weighted by atomic mass is 10.2. The van der Waals surface area contributed by atoms with E-state index in [1.807, 2.05) is 54.6 Å². The molecule has 0 fully saturated rings. The van der Waals surface area contributed by atoms with E-state index < -0.39 is 0 Å². The summed E-state index contributed by atoms with van der Waals surface area (Å²) in [4.78, 5) is 11.9. The third-order valence-electron chi connectivity index (χ3n) is 3.61. The summed E-state index contributed by atoms with van der Waals surface area (Å²) < 4.78 is 6.56. The van der Waals surface area contributed by atoms with E-state index in [1.165, 1.54) is 0 Å². The van der Waals surface area contributed by atoms with Crippen molar-refractivity contribution in [2.75, 3.05) is 11.9 Å². The Balaban J connectivity index is 1.51. The zero-order chi connectivity index (χ0) is 19.8. The molecular weight excluding hydrogens is 442 g/mol. The monoisotopic (exact) mass is 457 g/mol.